The lowest BCUT2D eigenvalue weighted by atomic mass is 10.1. The van der Waals surface area contributed by atoms with Crippen molar-refractivity contribution in [2.24, 2.45) is 5.92 Å². The minimum absolute atomic E-state index is 0.310. The first-order valence-corrected chi connectivity index (χ1v) is 6.34. The number of ether oxygens (including phenoxy) is 3. The summed E-state index contributed by atoms with van der Waals surface area (Å²) < 4.78 is 15.6. The van der Waals surface area contributed by atoms with Crippen LogP contribution in [0.4, 0.5) is 0 Å². The molecule has 0 saturated carbocycles. The zero-order chi connectivity index (χ0) is 12.3. The van der Waals surface area contributed by atoms with Gasteiger partial charge in [-0.2, -0.15) is 0 Å². The van der Waals surface area contributed by atoms with E-state index in [1.54, 1.807) is 7.11 Å². The topological polar surface area (TPSA) is 51.2 Å². The van der Waals surface area contributed by atoms with E-state index in [0.29, 0.717) is 39.0 Å². The van der Waals surface area contributed by atoms with Gasteiger partial charge in [0.05, 0.1) is 33.0 Å². The standard InChI is InChI=1S/C12H25NO4/c1-15-6-7-17-9-8-16-5-4-13-3-2-12(10-13)11-14/h12,14H,2-11H2,1H3. The fourth-order valence-corrected chi connectivity index (χ4v) is 1.92. The predicted octanol–water partition coefficient (Wildman–Crippen LogP) is -0.0198. The van der Waals surface area contributed by atoms with Crippen molar-refractivity contribution in [1.82, 2.24) is 4.90 Å². The molecule has 1 atom stereocenters. The summed E-state index contributed by atoms with van der Waals surface area (Å²) in [6, 6.07) is 0. The maximum atomic E-state index is 9.01. The van der Waals surface area contributed by atoms with Gasteiger partial charge in [-0.1, -0.05) is 0 Å². The van der Waals surface area contributed by atoms with Crippen LogP contribution >= 0.6 is 0 Å². The number of aliphatic hydroxyl groups is 1. The summed E-state index contributed by atoms with van der Waals surface area (Å²) in [4.78, 5) is 2.34. The molecule has 0 aromatic carbocycles. The molecule has 1 unspecified atom stereocenters. The second kappa shape index (κ2) is 9.79. The van der Waals surface area contributed by atoms with Crippen LogP contribution in [0.2, 0.25) is 0 Å². The van der Waals surface area contributed by atoms with Crippen molar-refractivity contribution in [3.8, 4) is 0 Å². The van der Waals surface area contributed by atoms with Crippen molar-refractivity contribution in [2.75, 3.05) is 66.4 Å². The second-order valence-electron chi connectivity index (χ2n) is 4.36. The Kier molecular flexibility index (Phi) is 8.56. The van der Waals surface area contributed by atoms with E-state index in [-0.39, 0.29) is 0 Å². The van der Waals surface area contributed by atoms with Gasteiger partial charge in [-0.05, 0) is 18.9 Å². The summed E-state index contributed by atoms with van der Waals surface area (Å²) in [6.45, 7) is 6.62. The van der Waals surface area contributed by atoms with Crippen LogP contribution in [0.15, 0.2) is 0 Å². The van der Waals surface area contributed by atoms with E-state index in [9.17, 15) is 0 Å². The molecule has 5 heteroatoms. The molecule has 1 N–H and O–H groups in total. The van der Waals surface area contributed by atoms with Crippen LogP contribution in [-0.2, 0) is 14.2 Å². The highest BCUT2D eigenvalue weighted by Crippen LogP contribution is 2.14. The van der Waals surface area contributed by atoms with Crippen LogP contribution < -0.4 is 0 Å². The van der Waals surface area contributed by atoms with Gasteiger partial charge in [-0.3, -0.25) is 0 Å². The lowest BCUT2D eigenvalue weighted by Crippen LogP contribution is -2.26. The number of hydrogen-bond acceptors (Lipinski definition) is 5. The van der Waals surface area contributed by atoms with Crippen LogP contribution in [0.3, 0.4) is 0 Å². The first-order chi connectivity index (χ1) is 8.36. The molecule has 1 heterocycles. The fraction of sp³-hybridized carbons (Fsp3) is 1.00. The van der Waals surface area contributed by atoms with Crippen LogP contribution in [0, 0.1) is 5.92 Å². The lowest BCUT2D eigenvalue weighted by Gasteiger charge is -2.15. The van der Waals surface area contributed by atoms with Crippen LogP contribution in [0.25, 0.3) is 0 Å². The van der Waals surface area contributed by atoms with E-state index in [1.807, 2.05) is 0 Å². The number of aliphatic hydroxyl groups excluding tert-OH is 1. The third kappa shape index (κ3) is 6.95. The predicted molar refractivity (Wildman–Crippen MR) is 65.1 cm³/mol. The summed E-state index contributed by atoms with van der Waals surface area (Å²) in [5.41, 5.74) is 0. The van der Waals surface area contributed by atoms with Gasteiger partial charge in [0.1, 0.15) is 0 Å². The van der Waals surface area contributed by atoms with Gasteiger partial charge in [-0.15, -0.1) is 0 Å². The molecule has 1 aliphatic rings. The van der Waals surface area contributed by atoms with Crippen LogP contribution in [0.5, 0.6) is 0 Å². The molecular weight excluding hydrogens is 222 g/mol. The molecule has 102 valence electrons. The Hall–Kier alpha value is -0.200. The Morgan fingerprint density at radius 2 is 1.82 bits per heavy atom. The summed E-state index contributed by atoms with van der Waals surface area (Å²) in [7, 11) is 1.66. The van der Waals surface area contributed by atoms with Gasteiger partial charge in [-0.25, -0.2) is 0 Å². The zero-order valence-corrected chi connectivity index (χ0v) is 10.8. The molecule has 0 bridgehead atoms. The largest absolute Gasteiger partial charge is 0.396 e. The zero-order valence-electron chi connectivity index (χ0n) is 10.8. The highest BCUT2D eigenvalue weighted by molar-refractivity contribution is 4.74. The van der Waals surface area contributed by atoms with Crippen molar-refractivity contribution in [3.05, 3.63) is 0 Å². The van der Waals surface area contributed by atoms with Gasteiger partial charge in [0.2, 0.25) is 0 Å². The van der Waals surface area contributed by atoms with Gasteiger partial charge in [0, 0.05) is 26.8 Å². The summed E-state index contributed by atoms with van der Waals surface area (Å²) in [5, 5.41) is 9.01. The van der Waals surface area contributed by atoms with Crippen LogP contribution in [0.1, 0.15) is 6.42 Å². The van der Waals surface area contributed by atoms with E-state index in [1.165, 1.54) is 0 Å². The summed E-state index contributed by atoms with van der Waals surface area (Å²) in [6.07, 6.45) is 1.11. The molecule has 0 aromatic heterocycles. The number of hydrogen-bond donors (Lipinski definition) is 1. The van der Waals surface area contributed by atoms with Crippen molar-refractivity contribution in [2.45, 2.75) is 6.42 Å². The van der Waals surface area contributed by atoms with Gasteiger partial charge in [0.15, 0.2) is 0 Å². The maximum absolute atomic E-state index is 9.01. The molecule has 0 aromatic rings. The molecule has 1 rings (SSSR count). The van der Waals surface area contributed by atoms with Crippen molar-refractivity contribution < 1.29 is 19.3 Å². The summed E-state index contributed by atoms with van der Waals surface area (Å²) in [5.74, 6) is 0.465. The van der Waals surface area contributed by atoms with E-state index >= 15 is 0 Å². The molecule has 1 fully saturated rings. The van der Waals surface area contributed by atoms with E-state index in [0.717, 1.165) is 32.7 Å². The third-order valence-corrected chi connectivity index (χ3v) is 2.98. The minimum atomic E-state index is 0.310. The molecule has 1 saturated heterocycles. The monoisotopic (exact) mass is 247 g/mol. The number of methoxy groups -OCH3 is 1. The average molecular weight is 247 g/mol. The van der Waals surface area contributed by atoms with Crippen LogP contribution in [-0.4, -0.2) is 76.4 Å². The Morgan fingerprint density at radius 3 is 2.47 bits per heavy atom. The van der Waals surface area contributed by atoms with Gasteiger partial charge >= 0.3 is 0 Å². The SMILES string of the molecule is COCCOCCOCCN1CCC(CO)C1. The number of rotatable bonds is 10. The fourth-order valence-electron chi connectivity index (χ4n) is 1.92. The Balaban J connectivity index is 1.81. The summed E-state index contributed by atoms with van der Waals surface area (Å²) >= 11 is 0. The van der Waals surface area contributed by atoms with E-state index in [4.69, 9.17) is 19.3 Å². The normalized spacial score (nSPS) is 21.2. The Labute approximate surface area is 104 Å². The molecule has 0 radical (unpaired) electrons. The molecule has 5 nitrogen and oxygen atoms in total. The third-order valence-electron chi connectivity index (χ3n) is 2.98. The molecule has 0 spiro atoms. The van der Waals surface area contributed by atoms with E-state index < -0.39 is 0 Å². The smallest absolute Gasteiger partial charge is 0.0701 e. The first-order valence-electron chi connectivity index (χ1n) is 6.34. The molecular formula is C12H25NO4. The lowest BCUT2D eigenvalue weighted by molar-refractivity contribution is 0.0204. The highest BCUT2D eigenvalue weighted by Gasteiger charge is 2.20. The van der Waals surface area contributed by atoms with Crippen molar-refractivity contribution >= 4 is 0 Å². The average Bonchev–Trinajstić information content (AvgIpc) is 2.80. The van der Waals surface area contributed by atoms with E-state index in [2.05, 4.69) is 4.90 Å². The molecule has 17 heavy (non-hydrogen) atoms. The van der Waals surface area contributed by atoms with Gasteiger partial charge in [0.25, 0.3) is 0 Å². The Morgan fingerprint density at radius 1 is 1.12 bits per heavy atom. The molecule has 0 amide bonds. The van der Waals surface area contributed by atoms with Gasteiger partial charge < -0.3 is 24.2 Å². The highest BCUT2D eigenvalue weighted by atomic mass is 16.5. The van der Waals surface area contributed by atoms with Crippen molar-refractivity contribution in [3.63, 3.8) is 0 Å². The maximum Gasteiger partial charge on any atom is 0.0701 e. The Bertz CT molecular complexity index is 180. The second-order valence-corrected chi connectivity index (χ2v) is 4.36. The van der Waals surface area contributed by atoms with Crippen molar-refractivity contribution in [1.29, 1.82) is 0 Å². The number of nitrogens with zero attached hydrogens (tertiary/aromatic N) is 1. The molecule has 1 aliphatic heterocycles. The number of likely N-dealkylation sites (tertiary alicyclic amines) is 1. The molecule has 0 aliphatic carbocycles. The quantitative estimate of drug-likeness (QED) is 0.550. The first kappa shape index (κ1) is 14.9. The minimum Gasteiger partial charge on any atom is -0.396 e.